The molecule has 6 nitrogen and oxygen atoms in total. The Labute approximate surface area is 156 Å². The number of urea groups is 1. The van der Waals surface area contributed by atoms with Crippen LogP contribution in [0.2, 0.25) is 5.02 Å². The molecular formula is C19H20ClN3O3. The summed E-state index contributed by atoms with van der Waals surface area (Å²) in [6.45, 7) is 1.66. The fourth-order valence-corrected chi connectivity index (χ4v) is 4.56. The summed E-state index contributed by atoms with van der Waals surface area (Å²) in [4.78, 5) is 39.1. The number of hydrogen-bond donors (Lipinski definition) is 2. The van der Waals surface area contributed by atoms with Crippen LogP contribution < -0.4 is 10.6 Å². The molecule has 7 heteroatoms. The molecule has 1 aromatic carbocycles. The van der Waals surface area contributed by atoms with Crippen molar-refractivity contribution in [2.75, 3.05) is 5.32 Å². The zero-order chi connectivity index (χ0) is 18.4. The van der Waals surface area contributed by atoms with E-state index in [0.29, 0.717) is 10.7 Å². The number of allylic oxidation sites excluding steroid dienone is 2. The third kappa shape index (κ3) is 2.78. The van der Waals surface area contributed by atoms with Crippen LogP contribution in [0, 0.1) is 23.7 Å². The van der Waals surface area contributed by atoms with E-state index in [2.05, 4.69) is 22.8 Å². The van der Waals surface area contributed by atoms with Gasteiger partial charge in [-0.1, -0.05) is 23.8 Å². The largest absolute Gasteiger partial charge is 0.320 e. The Morgan fingerprint density at radius 1 is 1.08 bits per heavy atom. The maximum Gasteiger partial charge on any atom is 0.320 e. The normalized spacial score (nSPS) is 30.3. The first-order chi connectivity index (χ1) is 12.5. The van der Waals surface area contributed by atoms with Crippen LogP contribution in [0.3, 0.4) is 0 Å². The SMILES string of the molecule is CC(NC(=O)Nc1ccc(Cl)cc1)N1C(=O)C2C3C=CC(CC3)C2C1=O. The Morgan fingerprint density at radius 3 is 2.12 bits per heavy atom. The minimum absolute atomic E-state index is 0.140. The van der Waals surface area contributed by atoms with Crippen molar-refractivity contribution in [1.82, 2.24) is 10.2 Å². The van der Waals surface area contributed by atoms with Crippen LogP contribution in [0.5, 0.6) is 0 Å². The molecule has 2 fully saturated rings. The topological polar surface area (TPSA) is 78.5 Å². The second kappa shape index (κ2) is 6.43. The molecule has 26 heavy (non-hydrogen) atoms. The molecule has 5 unspecified atom stereocenters. The first-order valence-corrected chi connectivity index (χ1v) is 9.22. The van der Waals surface area contributed by atoms with E-state index in [1.54, 1.807) is 31.2 Å². The van der Waals surface area contributed by atoms with Crippen molar-refractivity contribution < 1.29 is 14.4 Å². The number of hydrogen-bond acceptors (Lipinski definition) is 3. The third-order valence-corrected chi connectivity index (χ3v) is 5.87. The van der Waals surface area contributed by atoms with Gasteiger partial charge in [0.05, 0.1) is 11.8 Å². The summed E-state index contributed by atoms with van der Waals surface area (Å²) < 4.78 is 0. The lowest BCUT2D eigenvalue weighted by molar-refractivity contribution is -0.142. The monoisotopic (exact) mass is 373 g/mol. The van der Waals surface area contributed by atoms with Gasteiger partial charge in [-0.2, -0.15) is 0 Å². The van der Waals surface area contributed by atoms with Crippen LogP contribution in [-0.4, -0.2) is 28.9 Å². The number of carbonyl (C=O) groups excluding carboxylic acids is 3. The lowest BCUT2D eigenvalue weighted by atomic mass is 9.63. The molecule has 1 aliphatic heterocycles. The van der Waals surface area contributed by atoms with Crippen molar-refractivity contribution in [3.63, 3.8) is 0 Å². The maximum atomic E-state index is 12.8. The van der Waals surface area contributed by atoms with E-state index in [-0.39, 0.29) is 35.5 Å². The van der Waals surface area contributed by atoms with E-state index in [1.807, 2.05) is 0 Å². The molecule has 1 heterocycles. The summed E-state index contributed by atoms with van der Waals surface area (Å²) in [5, 5.41) is 5.93. The summed E-state index contributed by atoms with van der Waals surface area (Å²) in [7, 11) is 0. The third-order valence-electron chi connectivity index (χ3n) is 5.62. The molecule has 4 aliphatic rings. The highest BCUT2D eigenvalue weighted by atomic mass is 35.5. The van der Waals surface area contributed by atoms with Crippen molar-refractivity contribution in [1.29, 1.82) is 0 Å². The number of carbonyl (C=O) groups is 3. The Balaban J connectivity index is 1.44. The summed E-state index contributed by atoms with van der Waals surface area (Å²) in [6, 6.07) is 6.22. The molecule has 0 spiro atoms. The van der Waals surface area contributed by atoms with Gasteiger partial charge < -0.3 is 10.6 Å². The Kier molecular flexibility index (Phi) is 4.23. The van der Waals surface area contributed by atoms with Crippen LogP contribution >= 0.6 is 11.6 Å². The molecule has 0 radical (unpaired) electrons. The lowest BCUT2D eigenvalue weighted by Crippen LogP contribution is -2.50. The summed E-state index contributed by atoms with van der Waals surface area (Å²) in [5.41, 5.74) is 0.578. The molecule has 5 atom stereocenters. The molecule has 1 saturated carbocycles. The molecule has 0 aromatic heterocycles. The van der Waals surface area contributed by atoms with E-state index in [1.165, 1.54) is 4.90 Å². The van der Waals surface area contributed by atoms with Crippen LogP contribution in [0.25, 0.3) is 0 Å². The summed E-state index contributed by atoms with van der Waals surface area (Å²) in [6.07, 6.45) is 5.36. The smallest absolute Gasteiger partial charge is 0.317 e. The molecule has 4 amide bonds. The molecule has 136 valence electrons. The van der Waals surface area contributed by atoms with Crippen LogP contribution in [-0.2, 0) is 9.59 Å². The minimum atomic E-state index is -0.702. The van der Waals surface area contributed by atoms with Gasteiger partial charge in [0.1, 0.15) is 6.17 Å². The lowest BCUT2D eigenvalue weighted by Gasteiger charge is -2.38. The molecular weight excluding hydrogens is 354 g/mol. The van der Waals surface area contributed by atoms with Crippen molar-refractivity contribution in [3.8, 4) is 0 Å². The van der Waals surface area contributed by atoms with Gasteiger partial charge in [0, 0.05) is 10.7 Å². The molecule has 1 saturated heterocycles. The molecule has 1 aromatic rings. The van der Waals surface area contributed by atoms with Gasteiger partial charge in [0.2, 0.25) is 11.8 Å². The van der Waals surface area contributed by atoms with Crippen LogP contribution in [0.15, 0.2) is 36.4 Å². The molecule has 5 rings (SSSR count). The number of nitrogens with one attached hydrogen (secondary N) is 2. The van der Waals surface area contributed by atoms with Gasteiger partial charge in [-0.3, -0.25) is 14.5 Å². The van der Waals surface area contributed by atoms with Gasteiger partial charge in [-0.15, -0.1) is 0 Å². The first kappa shape index (κ1) is 17.1. The minimum Gasteiger partial charge on any atom is -0.317 e. The number of nitrogens with zero attached hydrogens (tertiary/aromatic N) is 1. The highest BCUT2D eigenvalue weighted by molar-refractivity contribution is 6.30. The number of anilines is 1. The van der Waals surface area contributed by atoms with Crippen molar-refractivity contribution in [2.24, 2.45) is 23.7 Å². The number of rotatable bonds is 3. The maximum absolute atomic E-state index is 12.8. The van der Waals surface area contributed by atoms with Gasteiger partial charge in [0.15, 0.2) is 0 Å². The first-order valence-electron chi connectivity index (χ1n) is 8.84. The number of halogens is 1. The zero-order valence-corrected chi connectivity index (χ0v) is 15.1. The number of imide groups is 1. The van der Waals surface area contributed by atoms with Crippen LogP contribution in [0.4, 0.5) is 10.5 Å². The quantitative estimate of drug-likeness (QED) is 0.631. The molecule has 2 N–H and O–H groups in total. The molecule has 2 bridgehead atoms. The highest BCUT2D eigenvalue weighted by Gasteiger charge is 2.57. The highest BCUT2D eigenvalue weighted by Crippen LogP contribution is 2.49. The standard InChI is InChI=1S/C19H20ClN3O3/c1-10(21-19(26)22-14-8-6-13(20)7-9-14)23-17(24)15-11-2-3-12(5-4-11)16(15)18(23)25/h2-3,6-12,15-16H,4-5H2,1H3,(H2,21,22,26). The van der Waals surface area contributed by atoms with Crippen LogP contribution in [0.1, 0.15) is 19.8 Å². The van der Waals surface area contributed by atoms with E-state index >= 15 is 0 Å². The number of benzene rings is 1. The number of amides is 4. The number of likely N-dealkylation sites (tertiary alicyclic amines) is 1. The summed E-state index contributed by atoms with van der Waals surface area (Å²) >= 11 is 5.82. The van der Waals surface area contributed by atoms with Crippen molar-refractivity contribution in [3.05, 3.63) is 41.4 Å². The fraction of sp³-hybridized carbons (Fsp3) is 0.421. The predicted octanol–water partition coefficient (Wildman–Crippen LogP) is 3.00. The number of fused-ring (bicyclic) bond motifs is 1. The van der Waals surface area contributed by atoms with E-state index in [0.717, 1.165) is 12.8 Å². The van der Waals surface area contributed by atoms with Gasteiger partial charge in [-0.25, -0.2) is 4.79 Å². The average Bonchev–Trinajstić information content (AvgIpc) is 2.91. The molecule has 3 aliphatic carbocycles. The van der Waals surface area contributed by atoms with E-state index < -0.39 is 12.2 Å². The van der Waals surface area contributed by atoms with Crippen molar-refractivity contribution >= 4 is 35.1 Å². The fourth-order valence-electron chi connectivity index (χ4n) is 4.43. The Morgan fingerprint density at radius 2 is 1.62 bits per heavy atom. The Hall–Kier alpha value is -2.34. The zero-order valence-electron chi connectivity index (χ0n) is 14.3. The summed E-state index contributed by atoms with van der Waals surface area (Å²) in [5.74, 6) is -0.593. The van der Waals surface area contributed by atoms with Gasteiger partial charge >= 0.3 is 6.03 Å². The van der Waals surface area contributed by atoms with Crippen molar-refractivity contribution in [2.45, 2.75) is 25.9 Å². The average molecular weight is 374 g/mol. The second-order valence-corrected chi connectivity index (χ2v) is 7.61. The Bertz CT molecular complexity index is 760. The van der Waals surface area contributed by atoms with Gasteiger partial charge in [-0.05, 0) is 55.9 Å². The van der Waals surface area contributed by atoms with E-state index in [4.69, 9.17) is 11.6 Å². The predicted molar refractivity (Wildman–Crippen MR) is 97.3 cm³/mol. The van der Waals surface area contributed by atoms with Gasteiger partial charge in [0.25, 0.3) is 0 Å². The van der Waals surface area contributed by atoms with E-state index in [9.17, 15) is 14.4 Å². The second-order valence-electron chi connectivity index (χ2n) is 7.17.